The summed E-state index contributed by atoms with van der Waals surface area (Å²) < 4.78 is 2.39. The third-order valence-corrected chi connectivity index (χ3v) is 6.36. The molecule has 1 aliphatic rings. The van der Waals surface area contributed by atoms with Crippen LogP contribution in [-0.4, -0.2) is 13.4 Å². The van der Waals surface area contributed by atoms with E-state index in [9.17, 15) is 0 Å². The zero-order valence-corrected chi connectivity index (χ0v) is 15.5. The maximum absolute atomic E-state index is 2.39. The molecule has 1 heterocycles. The van der Waals surface area contributed by atoms with E-state index in [-0.39, 0.29) is 0 Å². The zero-order valence-electron chi connectivity index (χ0n) is 14.5. The smallest absolute Gasteiger partial charge is 0.0812 e. The molecule has 119 valence electrons. The minimum absolute atomic E-state index is 0.332. The van der Waals surface area contributed by atoms with Gasteiger partial charge < -0.3 is 4.57 Å². The van der Waals surface area contributed by atoms with Gasteiger partial charge in [-0.3, -0.25) is 0 Å². The fourth-order valence-electron chi connectivity index (χ4n) is 3.67. The normalized spacial score (nSPS) is 16.3. The highest BCUT2D eigenvalue weighted by Crippen LogP contribution is 2.41. The maximum atomic E-state index is 2.39. The molecule has 0 bridgehead atoms. The highest BCUT2D eigenvalue weighted by molar-refractivity contribution is 6.70. The molecule has 1 unspecified atom stereocenters. The van der Waals surface area contributed by atoms with Crippen LogP contribution >= 0.6 is 0 Å². The Hall–Kier alpha value is -2.32. The summed E-state index contributed by atoms with van der Waals surface area (Å²) in [6.07, 6.45) is 6.96. The van der Waals surface area contributed by atoms with E-state index >= 15 is 0 Å². The number of rotatable bonds is 3. The third kappa shape index (κ3) is 2.47. The van der Waals surface area contributed by atoms with Crippen molar-refractivity contribution in [2.24, 2.45) is 0 Å². The molecule has 0 saturated carbocycles. The molecule has 24 heavy (non-hydrogen) atoms. The average molecular weight is 329 g/mol. The van der Waals surface area contributed by atoms with Crippen LogP contribution in [0.3, 0.4) is 0 Å². The molecule has 1 radical (unpaired) electrons. The first-order valence-corrected chi connectivity index (χ1v) is 11.0. The fourth-order valence-corrected chi connectivity index (χ4v) is 4.48. The molecule has 2 aromatic carbocycles. The summed E-state index contributed by atoms with van der Waals surface area (Å²) >= 11 is 0. The number of aromatic nitrogens is 1. The van der Waals surface area contributed by atoms with Gasteiger partial charge in [0, 0.05) is 12.4 Å². The van der Waals surface area contributed by atoms with Gasteiger partial charge in [-0.15, -0.1) is 0 Å². The number of benzene rings is 2. The van der Waals surface area contributed by atoms with Crippen molar-refractivity contribution < 1.29 is 0 Å². The molecular formula is C22H22NSi. The van der Waals surface area contributed by atoms with Crippen molar-refractivity contribution in [2.45, 2.75) is 26.1 Å². The minimum atomic E-state index is -0.405. The van der Waals surface area contributed by atoms with Gasteiger partial charge in [-0.25, -0.2) is 0 Å². The summed E-state index contributed by atoms with van der Waals surface area (Å²) in [5.41, 5.74) is 6.83. The Kier molecular flexibility index (Phi) is 3.77. The SMILES string of the molecule is CC1=Cc2c(-c3ccccc3)cccc2C1n1ccc([Si](C)C)c1. The lowest BCUT2D eigenvalue weighted by molar-refractivity contribution is 0.682. The summed E-state index contributed by atoms with van der Waals surface area (Å²) in [6, 6.07) is 20.0. The van der Waals surface area contributed by atoms with Gasteiger partial charge in [-0.05, 0) is 46.0 Å². The van der Waals surface area contributed by atoms with Crippen LogP contribution in [0.2, 0.25) is 13.1 Å². The number of allylic oxidation sites excluding steroid dienone is 1. The highest BCUT2D eigenvalue weighted by Gasteiger charge is 2.26. The minimum Gasteiger partial charge on any atom is -0.343 e. The summed E-state index contributed by atoms with van der Waals surface area (Å²) in [4.78, 5) is 0. The summed E-state index contributed by atoms with van der Waals surface area (Å²) in [5.74, 6) is 0. The number of nitrogens with zero attached hydrogens (tertiary/aromatic N) is 1. The van der Waals surface area contributed by atoms with Gasteiger partial charge >= 0.3 is 0 Å². The van der Waals surface area contributed by atoms with Gasteiger partial charge in [-0.1, -0.05) is 67.7 Å². The Morgan fingerprint density at radius 2 is 1.71 bits per heavy atom. The Bertz CT molecular complexity index is 903. The first kappa shape index (κ1) is 15.2. The quantitative estimate of drug-likeness (QED) is 0.588. The van der Waals surface area contributed by atoms with E-state index in [0.29, 0.717) is 6.04 Å². The highest BCUT2D eigenvalue weighted by atomic mass is 28.3. The first-order chi connectivity index (χ1) is 11.6. The molecule has 0 fully saturated rings. The second kappa shape index (κ2) is 5.95. The van der Waals surface area contributed by atoms with Crippen LogP contribution in [-0.2, 0) is 0 Å². The van der Waals surface area contributed by atoms with E-state index in [1.807, 2.05) is 0 Å². The molecular weight excluding hydrogens is 306 g/mol. The topological polar surface area (TPSA) is 4.93 Å². The standard InChI is InChI=1S/C22H22NSi/c1-16-14-21-19(17-8-5-4-6-9-17)10-7-11-20(21)22(16)23-13-12-18(15-23)24(2)3/h4-15,22H,1-3H3. The van der Waals surface area contributed by atoms with Gasteiger partial charge in [0.05, 0.1) is 14.8 Å². The van der Waals surface area contributed by atoms with Gasteiger partial charge in [0.25, 0.3) is 0 Å². The zero-order chi connectivity index (χ0) is 16.7. The van der Waals surface area contributed by atoms with E-state index in [1.54, 1.807) is 0 Å². The summed E-state index contributed by atoms with van der Waals surface area (Å²) in [7, 11) is -0.405. The van der Waals surface area contributed by atoms with E-state index in [1.165, 1.54) is 33.0 Å². The molecule has 1 aliphatic carbocycles. The average Bonchev–Trinajstić information content (AvgIpc) is 3.18. The Morgan fingerprint density at radius 1 is 0.917 bits per heavy atom. The maximum Gasteiger partial charge on any atom is 0.0812 e. The number of hydrogen-bond donors (Lipinski definition) is 0. The lowest BCUT2D eigenvalue weighted by Crippen LogP contribution is -2.21. The van der Waals surface area contributed by atoms with Gasteiger partial charge in [0.15, 0.2) is 0 Å². The Labute approximate surface area is 145 Å². The summed E-state index contributed by atoms with van der Waals surface area (Å²) in [6.45, 7) is 6.95. The van der Waals surface area contributed by atoms with Crippen molar-refractivity contribution in [3.63, 3.8) is 0 Å². The van der Waals surface area contributed by atoms with Gasteiger partial charge in [0.2, 0.25) is 0 Å². The molecule has 1 aromatic heterocycles. The lowest BCUT2D eigenvalue weighted by atomic mass is 9.96. The molecule has 3 aromatic rings. The van der Waals surface area contributed by atoms with Crippen molar-refractivity contribution in [2.75, 3.05) is 0 Å². The van der Waals surface area contributed by atoms with Crippen molar-refractivity contribution in [1.29, 1.82) is 0 Å². The first-order valence-electron chi connectivity index (χ1n) is 8.49. The molecule has 1 nitrogen and oxygen atoms in total. The van der Waals surface area contributed by atoms with Crippen LogP contribution in [0.25, 0.3) is 17.2 Å². The predicted molar refractivity (Wildman–Crippen MR) is 105 cm³/mol. The second-order valence-corrected chi connectivity index (χ2v) is 9.39. The molecule has 4 rings (SSSR count). The van der Waals surface area contributed by atoms with Crippen LogP contribution in [0.5, 0.6) is 0 Å². The van der Waals surface area contributed by atoms with E-state index in [2.05, 4.69) is 97.7 Å². The molecule has 0 amide bonds. The molecule has 0 N–H and O–H groups in total. The monoisotopic (exact) mass is 328 g/mol. The van der Waals surface area contributed by atoms with Crippen LogP contribution in [0, 0.1) is 0 Å². The summed E-state index contributed by atoms with van der Waals surface area (Å²) in [5, 5.41) is 1.50. The van der Waals surface area contributed by atoms with Crippen molar-refractivity contribution in [3.05, 3.63) is 83.7 Å². The molecule has 0 saturated heterocycles. The van der Waals surface area contributed by atoms with E-state index < -0.39 is 8.80 Å². The van der Waals surface area contributed by atoms with Crippen LogP contribution in [0.15, 0.2) is 72.6 Å². The number of hydrogen-bond acceptors (Lipinski definition) is 0. The number of fused-ring (bicyclic) bond motifs is 1. The van der Waals surface area contributed by atoms with Crippen molar-refractivity contribution in [1.82, 2.24) is 4.57 Å². The van der Waals surface area contributed by atoms with Crippen LogP contribution in [0.4, 0.5) is 0 Å². The van der Waals surface area contributed by atoms with Crippen molar-refractivity contribution >= 4 is 20.1 Å². The van der Waals surface area contributed by atoms with Gasteiger partial charge in [-0.2, -0.15) is 0 Å². The molecule has 2 heteroatoms. The Morgan fingerprint density at radius 3 is 2.42 bits per heavy atom. The second-order valence-electron chi connectivity index (χ2n) is 6.81. The van der Waals surface area contributed by atoms with E-state index in [0.717, 1.165) is 0 Å². The Balaban J connectivity index is 1.82. The third-order valence-electron chi connectivity index (χ3n) is 4.91. The van der Waals surface area contributed by atoms with Crippen molar-refractivity contribution in [3.8, 4) is 11.1 Å². The largest absolute Gasteiger partial charge is 0.343 e. The van der Waals surface area contributed by atoms with E-state index in [4.69, 9.17) is 0 Å². The predicted octanol–water partition coefficient (Wildman–Crippen LogP) is 5.12. The molecule has 1 atom stereocenters. The molecule has 0 spiro atoms. The fraction of sp³-hybridized carbons (Fsp3) is 0.182. The van der Waals surface area contributed by atoms with Gasteiger partial charge in [0.1, 0.15) is 0 Å². The molecule has 0 aliphatic heterocycles. The lowest BCUT2D eigenvalue weighted by Gasteiger charge is -2.18. The van der Waals surface area contributed by atoms with Crippen LogP contribution in [0.1, 0.15) is 24.1 Å². The van der Waals surface area contributed by atoms with Crippen LogP contribution < -0.4 is 5.19 Å².